The van der Waals surface area contributed by atoms with Gasteiger partial charge in [-0.3, -0.25) is 0 Å². The van der Waals surface area contributed by atoms with Crippen molar-refractivity contribution in [3.05, 3.63) is 0 Å². The van der Waals surface area contributed by atoms with Crippen LogP contribution < -0.4 is 0 Å². The van der Waals surface area contributed by atoms with Crippen LogP contribution >= 0.6 is 10.7 Å². The number of rotatable bonds is 4. The van der Waals surface area contributed by atoms with E-state index in [1.165, 1.54) is 0 Å². The van der Waals surface area contributed by atoms with Gasteiger partial charge in [0.2, 0.25) is 9.05 Å². The summed E-state index contributed by atoms with van der Waals surface area (Å²) in [5.74, 6) is -0.168. The van der Waals surface area contributed by atoms with E-state index in [1.54, 1.807) is 0 Å². The molecule has 1 aliphatic rings. The van der Waals surface area contributed by atoms with Gasteiger partial charge in [-0.05, 0) is 12.3 Å². The molecular weight excluding hydrogens is 215 g/mol. The van der Waals surface area contributed by atoms with E-state index >= 15 is 0 Å². The van der Waals surface area contributed by atoms with Gasteiger partial charge < -0.3 is 0 Å². The summed E-state index contributed by atoms with van der Waals surface area (Å²) < 4.78 is 34.2. The topological polar surface area (TPSA) is 34.1 Å². The van der Waals surface area contributed by atoms with Crippen LogP contribution in [0.2, 0.25) is 0 Å². The Balaban J connectivity index is 2.28. The molecule has 0 amide bonds. The van der Waals surface area contributed by atoms with Gasteiger partial charge in [-0.15, -0.1) is 0 Å². The average Bonchev–Trinajstić information content (AvgIpc) is 2.34. The first-order valence-electron chi connectivity index (χ1n) is 4.54. The Kier molecular flexibility index (Phi) is 3.98. The van der Waals surface area contributed by atoms with Crippen molar-refractivity contribution in [1.82, 2.24) is 0 Å². The first kappa shape index (κ1) is 11.2. The smallest absolute Gasteiger partial charge is 0.235 e. The van der Waals surface area contributed by atoms with Crippen molar-refractivity contribution >= 4 is 19.7 Å². The third kappa shape index (κ3) is 4.81. The fourth-order valence-electron chi connectivity index (χ4n) is 1.89. The zero-order chi connectivity index (χ0) is 9.90. The second-order valence-corrected chi connectivity index (χ2v) is 6.51. The standard InChI is InChI=1S/C8H14ClFO2S/c9-13(11,12)6-8(10)5-7-3-1-2-4-7/h7-8H,1-6H2. The van der Waals surface area contributed by atoms with Gasteiger partial charge >= 0.3 is 0 Å². The third-order valence-electron chi connectivity index (χ3n) is 2.44. The molecule has 13 heavy (non-hydrogen) atoms. The highest BCUT2D eigenvalue weighted by molar-refractivity contribution is 8.13. The van der Waals surface area contributed by atoms with E-state index in [1.807, 2.05) is 0 Å². The Labute approximate surface area is 82.9 Å². The number of hydrogen-bond donors (Lipinski definition) is 0. The summed E-state index contributed by atoms with van der Waals surface area (Å²) in [5.41, 5.74) is 0. The molecule has 0 N–H and O–H groups in total. The highest BCUT2D eigenvalue weighted by atomic mass is 35.7. The molecule has 0 aromatic carbocycles. The van der Waals surface area contributed by atoms with Crippen LogP contribution in [-0.4, -0.2) is 20.3 Å². The van der Waals surface area contributed by atoms with Crippen LogP contribution in [0.3, 0.4) is 0 Å². The Morgan fingerprint density at radius 2 is 1.92 bits per heavy atom. The normalized spacial score (nSPS) is 22.0. The Morgan fingerprint density at radius 3 is 2.38 bits per heavy atom. The summed E-state index contributed by atoms with van der Waals surface area (Å²) >= 11 is 0. The van der Waals surface area contributed by atoms with E-state index in [4.69, 9.17) is 10.7 Å². The van der Waals surface area contributed by atoms with Gasteiger partial charge in [0.15, 0.2) is 0 Å². The molecule has 5 heteroatoms. The molecule has 0 heterocycles. The molecule has 0 spiro atoms. The molecule has 0 radical (unpaired) electrons. The zero-order valence-corrected chi connectivity index (χ0v) is 8.95. The highest BCUT2D eigenvalue weighted by Gasteiger charge is 2.23. The Hall–Kier alpha value is 0.170. The van der Waals surface area contributed by atoms with Crippen LogP contribution in [0.15, 0.2) is 0 Å². The lowest BCUT2D eigenvalue weighted by Gasteiger charge is -2.11. The van der Waals surface area contributed by atoms with Crippen LogP contribution in [0, 0.1) is 5.92 Å². The van der Waals surface area contributed by atoms with Crippen molar-refractivity contribution in [3.8, 4) is 0 Å². The maximum absolute atomic E-state index is 13.1. The van der Waals surface area contributed by atoms with Crippen LogP contribution in [0.5, 0.6) is 0 Å². The van der Waals surface area contributed by atoms with Crippen molar-refractivity contribution in [2.75, 3.05) is 5.75 Å². The van der Waals surface area contributed by atoms with E-state index in [2.05, 4.69) is 0 Å². The molecular formula is C8H14ClFO2S. The highest BCUT2D eigenvalue weighted by Crippen LogP contribution is 2.29. The summed E-state index contributed by atoms with van der Waals surface area (Å²) in [5, 5.41) is 0. The Bertz CT molecular complexity index is 247. The average molecular weight is 229 g/mol. The SMILES string of the molecule is O=S(=O)(Cl)CC(F)CC1CCCC1. The first-order chi connectivity index (χ1) is 5.97. The fourth-order valence-corrected chi connectivity index (χ4v) is 2.87. The quantitative estimate of drug-likeness (QED) is 0.693. The van der Waals surface area contributed by atoms with Crippen molar-refractivity contribution in [3.63, 3.8) is 0 Å². The van der Waals surface area contributed by atoms with Crippen molar-refractivity contribution in [1.29, 1.82) is 0 Å². The Morgan fingerprint density at radius 1 is 1.38 bits per heavy atom. The van der Waals surface area contributed by atoms with Gasteiger partial charge in [-0.2, -0.15) is 0 Å². The molecule has 0 aromatic heterocycles. The summed E-state index contributed by atoms with van der Waals surface area (Å²) in [6.07, 6.45) is 3.42. The maximum atomic E-state index is 13.1. The summed E-state index contributed by atoms with van der Waals surface area (Å²) in [6, 6.07) is 0. The molecule has 0 aliphatic heterocycles. The lowest BCUT2D eigenvalue weighted by molar-refractivity contribution is 0.292. The lowest BCUT2D eigenvalue weighted by Crippen LogP contribution is -2.15. The van der Waals surface area contributed by atoms with Crippen LogP contribution in [-0.2, 0) is 9.05 Å². The van der Waals surface area contributed by atoms with E-state index in [0.717, 1.165) is 25.7 Å². The zero-order valence-electron chi connectivity index (χ0n) is 7.38. The van der Waals surface area contributed by atoms with Crippen molar-refractivity contribution in [2.24, 2.45) is 5.92 Å². The lowest BCUT2D eigenvalue weighted by atomic mass is 10.0. The van der Waals surface area contributed by atoms with Crippen molar-refractivity contribution in [2.45, 2.75) is 38.3 Å². The number of hydrogen-bond acceptors (Lipinski definition) is 2. The van der Waals surface area contributed by atoms with E-state index in [0.29, 0.717) is 12.3 Å². The summed E-state index contributed by atoms with van der Waals surface area (Å²) in [4.78, 5) is 0. The monoisotopic (exact) mass is 228 g/mol. The molecule has 0 aromatic rings. The first-order valence-corrected chi connectivity index (χ1v) is 7.01. The van der Waals surface area contributed by atoms with E-state index < -0.39 is 21.0 Å². The fraction of sp³-hybridized carbons (Fsp3) is 1.00. The van der Waals surface area contributed by atoms with Gasteiger partial charge in [0.05, 0.1) is 5.75 Å². The molecule has 0 saturated heterocycles. The molecule has 2 nitrogen and oxygen atoms in total. The van der Waals surface area contributed by atoms with Gasteiger partial charge in [0.25, 0.3) is 0 Å². The third-order valence-corrected chi connectivity index (χ3v) is 3.58. The number of halogens is 2. The molecule has 1 aliphatic carbocycles. The molecule has 1 atom stereocenters. The molecule has 1 saturated carbocycles. The van der Waals surface area contributed by atoms with Crippen LogP contribution in [0.4, 0.5) is 4.39 Å². The molecule has 78 valence electrons. The predicted octanol–water partition coefficient (Wildman–Crippen LogP) is 2.47. The minimum absolute atomic E-state index is 0.353. The van der Waals surface area contributed by atoms with Crippen LogP contribution in [0.25, 0.3) is 0 Å². The van der Waals surface area contributed by atoms with Gasteiger partial charge in [-0.25, -0.2) is 12.8 Å². The summed E-state index contributed by atoms with van der Waals surface area (Å²) in [7, 11) is 1.28. The minimum Gasteiger partial charge on any atom is -0.246 e. The maximum Gasteiger partial charge on any atom is 0.235 e. The van der Waals surface area contributed by atoms with Gasteiger partial charge in [0.1, 0.15) is 6.17 Å². The molecule has 1 rings (SSSR count). The van der Waals surface area contributed by atoms with E-state index in [-0.39, 0.29) is 0 Å². The second kappa shape index (κ2) is 4.60. The van der Waals surface area contributed by atoms with Gasteiger partial charge in [0, 0.05) is 10.7 Å². The van der Waals surface area contributed by atoms with Crippen molar-refractivity contribution < 1.29 is 12.8 Å². The van der Waals surface area contributed by atoms with Gasteiger partial charge in [-0.1, -0.05) is 25.7 Å². The molecule has 1 unspecified atom stereocenters. The molecule has 0 bridgehead atoms. The minimum atomic E-state index is -3.67. The largest absolute Gasteiger partial charge is 0.246 e. The van der Waals surface area contributed by atoms with Crippen LogP contribution in [0.1, 0.15) is 32.1 Å². The second-order valence-electron chi connectivity index (χ2n) is 3.69. The summed E-state index contributed by atoms with van der Waals surface area (Å²) in [6.45, 7) is 0. The van der Waals surface area contributed by atoms with E-state index in [9.17, 15) is 12.8 Å². The number of alkyl halides is 1. The predicted molar refractivity (Wildman–Crippen MR) is 51.1 cm³/mol. The molecule has 1 fully saturated rings.